The maximum Gasteiger partial charge on any atom is 0.416 e. The van der Waals surface area contributed by atoms with Gasteiger partial charge in [0.15, 0.2) is 0 Å². The molecule has 9 heteroatoms. The summed E-state index contributed by atoms with van der Waals surface area (Å²) < 4.78 is 40.8. The first-order chi connectivity index (χ1) is 13.8. The Hall–Kier alpha value is -3.36. The molecule has 1 aliphatic rings. The van der Waals surface area contributed by atoms with E-state index in [1.54, 1.807) is 0 Å². The molecule has 0 unspecified atom stereocenters. The molecule has 0 saturated carbocycles. The van der Waals surface area contributed by atoms with Crippen molar-refractivity contribution < 1.29 is 18.0 Å². The van der Waals surface area contributed by atoms with Crippen LogP contribution in [-0.2, 0) is 17.4 Å². The molecular formula is C20H18F3N5O. The van der Waals surface area contributed by atoms with Crippen molar-refractivity contribution in [2.75, 3.05) is 16.8 Å². The van der Waals surface area contributed by atoms with Crippen LogP contribution >= 0.6 is 0 Å². The third-order valence-electron chi connectivity index (χ3n) is 4.93. The molecule has 0 aliphatic carbocycles. The van der Waals surface area contributed by atoms with Crippen molar-refractivity contribution in [3.05, 3.63) is 66.2 Å². The molecular weight excluding hydrogens is 383 g/mol. The summed E-state index contributed by atoms with van der Waals surface area (Å²) in [6.45, 7) is 2.05. The SMILES string of the molecule is C[C@@H]1Cc2ccccc2N1CC(=O)Nc1cc(C(F)(F)F)ccc1-n1cncn1. The van der Waals surface area contributed by atoms with E-state index in [0.29, 0.717) is 5.69 Å². The Morgan fingerprint density at radius 1 is 1.21 bits per heavy atom. The van der Waals surface area contributed by atoms with Gasteiger partial charge in [-0.2, -0.15) is 18.3 Å². The van der Waals surface area contributed by atoms with Gasteiger partial charge in [-0.05, 0) is 43.2 Å². The van der Waals surface area contributed by atoms with Crippen LogP contribution in [0.3, 0.4) is 0 Å². The fourth-order valence-electron chi connectivity index (χ4n) is 3.56. The molecule has 1 N–H and O–H groups in total. The van der Waals surface area contributed by atoms with E-state index >= 15 is 0 Å². The third-order valence-corrected chi connectivity index (χ3v) is 4.93. The molecule has 29 heavy (non-hydrogen) atoms. The molecule has 1 atom stereocenters. The highest BCUT2D eigenvalue weighted by atomic mass is 19.4. The molecule has 0 fully saturated rings. The van der Waals surface area contributed by atoms with E-state index in [4.69, 9.17) is 0 Å². The number of aromatic nitrogens is 3. The molecule has 6 nitrogen and oxygen atoms in total. The maximum atomic E-state index is 13.2. The first kappa shape index (κ1) is 19.0. The number of nitrogens with one attached hydrogen (secondary N) is 1. The number of hydrogen-bond donors (Lipinski definition) is 1. The molecule has 3 aromatic rings. The second-order valence-corrected chi connectivity index (χ2v) is 6.93. The van der Waals surface area contributed by atoms with Crippen LogP contribution in [0.5, 0.6) is 0 Å². The zero-order valence-corrected chi connectivity index (χ0v) is 15.5. The zero-order valence-electron chi connectivity index (χ0n) is 15.5. The quantitative estimate of drug-likeness (QED) is 0.725. The van der Waals surface area contributed by atoms with Crippen LogP contribution in [0.4, 0.5) is 24.5 Å². The number of amides is 1. The van der Waals surface area contributed by atoms with Gasteiger partial charge in [0.05, 0.1) is 23.5 Å². The number of carbonyl (C=O) groups excluding carboxylic acids is 1. The molecule has 0 bridgehead atoms. The van der Waals surface area contributed by atoms with Gasteiger partial charge in [-0.1, -0.05) is 18.2 Å². The van der Waals surface area contributed by atoms with Crippen molar-refractivity contribution in [2.45, 2.75) is 25.6 Å². The smallest absolute Gasteiger partial charge is 0.359 e. The van der Waals surface area contributed by atoms with Gasteiger partial charge in [0.1, 0.15) is 12.7 Å². The number of rotatable bonds is 4. The maximum absolute atomic E-state index is 13.2. The topological polar surface area (TPSA) is 63.1 Å². The Morgan fingerprint density at radius 3 is 2.72 bits per heavy atom. The summed E-state index contributed by atoms with van der Waals surface area (Å²) in [6.07, 6.45) is -1.08. The lowest BCUT2D eigenvalue weighted by Gasteiger charge is -2.24. The fraction of sp³-hybridized carbons (Fsp3) is 0.250. The predicted molar refractivity (Wildman–Crippen MR) is 102 cm³/mol. The van der Waals surface area contributed by atoms with E-state index in [0.717, 1.165) is 29.8 Å². The molecule has 2 heterocycles. The lowest BCUT2D eigenvalue weighted by molar-refractivity contribution is -0.137. The van der Waals surface area contributed by atoms with Gasteiger partial charge in [0, 0.05) is 11.7 Å². The van der Waals surface area contributed by atoms with Crippen molar-refractivity contribution >= 4 is 17.3 Å². The van der Waals surface area contributed by atoms with E-state index < -0.39 is 17.6 Å². The average molecular weight is 401 g/mol. The van der Waals surface area contributed by atoms with Gasteiger partial charge in [-0.15, -0.1) is 0 Å². The number of hydrogen-bond acceptors (Lipinski definition) is 4. The number of carbonyl (C=O) groups is 1. The van der Waals surface area contributed by atoms with Crippen LogP contribution in [0.1, 0.15) is 18.1 Å². The second kappa shape index (κ2) is 7.23. The summed E-state index contributed by atoms with van der Waals surface area (Å²) in [6, 6.07) is 11.0. The Morgan fingerprint density at radius 2 is 2.00 bits per heavy atom. The van der Waals surface area contributed by atoms with Crippen LogP contribution < -0.4 is 10.2 Å². The molecule has 1 amide bonds. The zero-order chi connectivity index (χ0) is 20.6. The Labute approximate surface area is 165 Å². The van der Waals surface area contributed by atoms with Gasteiger partial charge < -0.3 is 10.2 Å². The van der Waals surface area contributed by atoms with Gasteiger partial charge in [-0.25, -0.2) is 9.67 Å². The Bertz CT molecular complexity index is 1030. The van der Waals surface area contributed by atoms with Gasteiger partial charge in [0.2, 0.25) is 5.91 Å². The fourth-order valence-corrected chi connectivity index (χ4v) is 3.56. The lowest BCUT2D eigenvalue weighted by atomic mass is 10.1. The van der Waals surface area contributed by atoms with Crippen molar-refractivity contribution in [3.63, 3.8) is 0 Å². The standard InChI is InChI=1S/C20H18F3N5O/c1-13-8-14-4-2-3-5-17(14)27(13)10-19(29)26-16-9-15(20(21,22)23)6-7-18(16)28-12-24-11-25-28/h2-7,9,11-13H,8,10H2,1H3,(H,26,29)/t13-/m1/s1. The van der Waals surface area contributed by atoms with Crippen molar-refractivity contribution in [2.24, 2.45) is 0 Å². The van der Waals surface area contributed by atoms with E-state index in [1.165, 1.54) is 23.4 Å². The van der Waals surface area contributed by atoms with E-state index in [-0.39, 0.29) is 18.3 Å². The average Bonchev–Trinajstić information content (AvgIpc) is 3.30. The minimum absolute atomic E-state index is 0.0236. The summed E-state index contributed by atoms with van der Waals surface area (Å²) in [5.41, 5.74) is 1.59. The number of benzene rings is 2. The lowest BCUT2D eigenvalue weighted by Crippen LogP contribution is -2.37. The summed E-state index contributed by atoms with van der Waals surface area (Å²) in [4.78, 5) is 18.5. The minimum atomic E-state index is -4.53. The van der Waals surface area contributed by atoms with Crippen LogP contribution in [-0.4, -0.2) is 33.3 Å². The van der Waals surface area contributed by atoms with Crippen LogP contribution in [0, 0.1) is 0 Å². The third kappa shape index (κ3) is 3.80. The first-order valence-corrected chi connectivity index (χ1v) is 9.03. The first-order valence-electron chi connectivity index (χ1n) is 9.03. The highest BCUT2D eigenvalue weighted by Gasteiger charge is 2.32. The van der Waals surface area contributed by atoms with Crippen molar-refractivity contribution in [1.29, 1.82) is 0 Å². The van der Waals surface area contributed by atoms with E-state index in [2.05, 4.69) is 15.4 Å². The van der Waals surface area contributed by atoms with Crippen LogP contribution in [0.25, 0.3) is 5.69 Å². The Kier molecular flexibility index (Phi) is 4.73. The van der Waals surface area contributed by atoms with E-state index in [1.807, 2.05) is 36.1 Å². The number of halogens is 3. The predicted octanol–water partition coefficient (Wildman–Crippen LogP) is 3.68. The highest BCUT2D eigenvalue weighted by Crippen LogP contribution is 2.34. The van der Waals surface area contributed by atoms with Crippen LogP contribution in [0.15, 0.2) is 55.1 Å². The molecule has 0 saturated heterocycles. The van der Waals surface area contributed by atoms with Crippen molar-refractivity contribution in [3.8, 4) is 5.69 Å². The van der Waals surface area contributed by atoms with Crippen molar-refractivity contribution in [1.82, 2.24) is 14.8 Å². The molecule has 1 aliphatic heterocycles. The summed E-state index contributed by atoms with van der Waals surface area (Å²) >= 11 is 0. The van der Waals surface area contributed by atoms with Gasteiger partial charge >= 0.3 is 6.18 Å². The molecule has 150 valence electrons. The van der Waals surface area contributed by atoms with Crippen LogP contribution in [0.2, 0.25) is 0 Å². The molecule has 0 spiro atoms. The molecule has 4 rings (SSSR count). The monoisotopic (exact) mass is 401 g/mol. The summed E-state index contributed by atoms with van der Waals surface area (Å²) in [5.74, 6) is -0.408. The number of nitrogens with zero attached hydrogens (tertiary/aromatic N) is 4. The number of fused-ring (bicyclic) bond motifs is 1. The largest absolute Gasteiger partial charge is 0.416 e. The van der Waals surface area contributed by atoms with Gasteiger partial charge in [0.25, 0.3) is 0 Å². The van der Waals surface area contributed by atoms with Gasteiger partial charge in [-0.3, -0.25) is 4.79 Å². The minimum Gasteiger partial charge on any atom is -0.359 e. The molecule has 0 radical (unpaired) electrons. The second-order valence-electron chi connectivity index (χ2n) is 6.93. The Balaban J connectivity index is 1.60. The highest BCUT2D eigenvalue weighted by molar-refractivity contribution is 5.96. The summed E-state index contributed by atoms with van der Waals surface area (Å²) in [5, 5.41) is 6.57. The number of anilines is 2. The number of alkyl halides is 3. The molecule has 2 aromatic carbocycles. The normalized spacial score (nSPS) is 16.0. The molecule has 1 aromatic heterocycles. The summed E-state index contributed by atoms with van der Waals surface area (Å²) in [7, 11) is 0. The number of para-hydroxylation sites is 1. The van der Waals surface area contributed by atoms with E-state index in [9.17, 15) is 18.0 Å².